The minimum absolute atomic E-state index is 0.226. The number of halogens is 1. The second-order valence-corrected chi connectivity index (χ2v) is 5.16. The van der Waals surface area contributed by atoms with Gasteiger partial charge in [-0.25, -0.2) is 14.4 Å². The van der Waals surface area contributed by atoms with E-state index in [1.165, 1.54) is 26.0 Å². The fourth-order valence-electron chi connectivity index (χ4n) is 2.26. The van der Waals surface area contributed by atoms with E-state index in [1.54, 1.807) is 12.1 Å². The van der Waals surface area contributed by atoms with E-state index in [9.17, 15) is 4.39 Å². The van der Waals surface area contributed by atoms with Crippen LogP contribution in [0.15, 0.2) is 24.3 Å². The Morgan fingerprint density at radius 3 is 2.71 bits per heavy atom. The van der Waals surface area contributed by atoms with E-state index < -0.39 is 5.82 Å². The maximum Gasteiger partial charge on any atom is 0.165 e. The molecule has 0 radical (unpaired) electrons. The predicted octanol–water partition coefficient (Wildman–Crippen LogP) is 3.60. The van der Waals surface area contributed by atoms with Gasteiger partial charge < -0.3 is 10.1 Å². The smallest absolute Gasteiger partial charge is 0.165 e. The Hall–Kier alpha value is -2.17. The molecule has 1 N–H and O–H groups in total. The van der Waals surface area contributed by atoms with Crippen LogP contribution in [0.4, 0.5) is 10.2 Å². The second kappa shape index (κ2) is 5.68. The maximum absolute atomic E-state index is 13.9. The first-order chi connectivity index (χ1) is 10.2. The summed E-state index contributed by atoms with van der Waals surface area (Å²) >= 11 is 0. The van der Waals surface area contributed by atoms with Crippen LogP contribution >= 0.6 is 0 Å². The number of hydrogen-bond acceptors (Lipinski definition) is 4. The zero-order chi connectivity index (χ0) is 14.8. The highest BCUT2D eigenvalue weighted by Crippen LogP contribution is 2.40. The van der Waals surface area contributed by atoms with Gasteiger partial charge in [-0.15, -0.1) is 0 Å². The highest BCUT2D eigenvalue weighted by Gasteiger charge is 2.26. The van der Waals surface area contributed by atoms with E-state index >= 15 is 0 Å². The summed E-state index contributed by atoms with van der Waals surface area (Å²) in [5.41, 5.74) is 1.70. The Balaban J connectivity index is 2.01. The van der Waals surface area contributed by atoms with Crippen molar-refractivity contribution in [1.29, 1.82) is 0 Å². The lowest BCUT2D eigenvalue weighted by atomic mass is 10.1. The van der Waals surface area contributed by atoms with E-state index in [1.807, 2.05) is 13.0 Å². The van der Waals surface area contributed by atoms with Crippen LogP contribution in [-0.4, -0.2) is 23.6 Å². The lowest BCUT2D eigenvalue weighted by molar-refractivity contribution is 0.386. The van der Waals surface area contributed by atoms with Crippen LogP contribution in [0.2, 0.25) is 0 Å². The molecule has 0 unspecified atom stereocenters. The number of nitrogens with zero attached hydrogens (tertiary/aromatic N) is 2. The van der Waals surface area contributed by atoms with Gasteiger partial charge in [0.05, 0.1) is 7.11 Å². The Morgan fingerprint density at radius 2 is 2.10 bits per heavy atom. The number of ether oxygens (including phenoxy) is 1. The van der Waals surface area contributed by atoms with Gasteiger partial charge in [0, 0.05) is 29.8 Å². The van der Waals surface area contributed by atoms with Gasteiger partial charge in [-0.2, -0.15) is 0 Å². The van der Waals surface area contributed by atoms with Gasteiger partial charge in [0.25, 0.3) is 0 Å². The van der Waals surface area contributed by atoms with Gasteiger partial charge in [-0.05, 0) is 38.0 Å². The molecule has 0 saturated heterocycles. The average Bonchev–Trinajstić information content (AvgIpc) is 3.32. The van der Waals surface area contributed by atoms with Crippen molar-refractivity contribution in [2.24, 2.45) is 0 Å². The fourth-order valence-corrected chi connectivity index (χ4v) is 2.26. The molecule has 3 rings (SSSR count). The van der Waals surface area contributed by atoms with Crippen molar-refractivity contribution in [1.82, 2.24) is 9.97 Å². The van der Waals surface area contributed by atoms with Crippen molar-refractivity contribution in [3.8, 4) is 17.1 Å². The largest absolute Gasteiger partial charge is 0.494 e. The third-order valence-corrected chi connectivity index (χ3v) is 3.51. The van der Waals surface area contributed by atoms with Crippen LogP contribution in [0.5, 0.6) is 5.75 Å². The number of hydrogen-bond donors (Lipinski definition) is 1. The van der Waals surface area contributed by atoms with Crippen molar-refractivity contribution in [2.45, 2.75) is 25.7 Å². The highest BCUT2D eigenvalue weighted by molar-refractivity contribution is 5.59. The molecule has 0 atom stereocenters. The number of nitrogens with one attached hydrogen (secondary N) is 1. The molecule has 1 aliphatic carbocycles. The Bertz CT molecular complexity index is 656. The number of anilines is 1. The Kier molecular flexibility index (Phi) is 3.73. The van der Waals surface area contributed by atoms with Crippen LogP contribution in [-0.2, 0) is 0 Å². The molecule has 1 fully saturated rings. The zero-order valence-electron chi connectivity index (χ0n) is 12.2. The highest BCUT2D eigenvalue weighted by atomic mass is 19.1. The lowest BCUT2D eigenvalue weighted by Crippen LogP contribution is -2.04. The zero-order valence-corrected chi connectivity index (χ0v) is 12.2. The normalized spacial score (nSPS) is 14.0. The first kappa shape index (κ1) is 13.8. The topological polar surface area (TPSA) is 47.0 Å². The predicted molar refractivity (Wildman–Crippen MR) is 80.1 cm³/mol. The van der Waals surface area contributed by atoms with Gasteiger partial charge in [0.1, 0.15) is 5.82 Å². The summed E-state index contributed by atoms with van der Waals surface area (Å²) in [5.74, 6) is 1.69. The Labute approximate surface area is 123 Å². The number of methoxy groups -OCH3 is 1. The number of benzene rings is 1. The minimum atomic E-state index is -0.402. The van der Waals surface area contributed by atoms with Crippen LogP contribution < -0.4 is 10.1 Å². The summed E-state index contributed by atoms with van der Waals surface area (Å²) in [5, 5.41) is 3.21. The molecule has 1 heterocycles. The summed E-state index contributed by atoms with van der Waals surface area (Å²) < 4.78 is 18.8. The van der Waals surface area contributed by atoms with Crippen LogP contribution in [0.25, 0.3) is 11.4 Å². The molecular weight excluding hydrogens is 269 g/mol. The molecule has 1 saturated carbocycles. The SMILES string of the molecule is CCNc1cc(C2CC2)nc(-c2ccc(OC)c(F)c2)n1. The lowest BCUT2D eigenvalue weighted by Gasteiger charge is -2.09. The molecule has 1 aromatic carbocycles. The molecule has 21 heavy (non-hydrogen) atoms. The molecule has 0 aliphatic heterocycles. The van der Waals surface area contributed by atoms with E-state index in [2.05, 4.69) is 15.3 Å². The molecule has 0 amide bonds. The molecule has 110 valence electrons. The average molecular weight is 287 g/mol. The van der Waals surface area contributed by atoms with Crippen LogP contribution in [0.3, 0.4) is 0 Å². The summed E-state index contributed by atoms with van der Waals surface area (Å²) in [7, 11) is 1.45. The van der Waals surface area contributed by atoms with Gasteiger partial charge in [0.2, 0.25) is 0 Å². The number of aromatic nitrogens is 2. The molecule has 1 aromatic heterocycles. The van der Waals surface area contributed by atoms with Gasteiger partial charge >= 0.3 is 0 Å². The summed E-state index contributed by atoms with van der Waals surface area (Å²) in [6.07, 6.45) is 2.33. The molecule has 0 spiro atoms. The summed E-state index contributed by atoms with van der Waals surface area (Å²) in [6, 6.07) is 6.79. The van der Waals surface area contributed by atoms with E-state index in [0.29, 0.717) is 17.3 Å². The van der Waals surface area contributed by atoms with E-state index in [-0.39, 0.29) is 5.75 Å². The third kappa shape index (κ3) is 2.96. The van der Waals surface area contributed by atoms with Crippen LogP contribution in [0.1, 0.15) is 31.4 Å². The van der Waals surface area contributed by atoms with Crippen LogP contribution in [0, 0.1) is 5.82 Å². The van der Waals surface area contributed by atoms with Crippen molar-refractivity contribution in [3.05, 3.63) is 35.8 Å². The quantitative estimate of drug-likeness (QED) is 0.912. The number of rotatable bonds is 5. The van der Waals surface area contributed by atoms with Crippen molar-refractivity contribution in [3.63, 3.8) is 0 Å². The third-order valence-electron chi connectivity index (χ3n) is 3.51. The first-order valence-electron chi connectivity index (χ1n) is 7.18. The summed E-state index contributed by atoms with van der Waals surface area (Å²) in [6.45, 7) is 2.81. The van der Waals surface area contributed by atoms with Gasteiger partial charge in [0.15, 0.2) is 17.4 Å². The Morgan fingerprint density at radius 1 is 1.29 bits per heavy atom. The molecule has 0 bridgehead atoms. The monoisotopic (exact) mass is 287 g/mol. The molecule has 1 aliphatic rings. The molecule has 4 nitrogen and oxygen atoms in total. The minimum Gasteiger partial charge on any atom is -0.494 e. The summed E-state index contributed by atoms with van der Waals surface area (Å²) in [4.78, 5) is 9.06. The second-order valence-electron chi connectivity index (χ2n) is 5.16. The van der Waals surface area contributed by atoms with Crippen molar-refractivity contribution < 1.29 is 9.13 Å². The van der Waals surface area contributed by atoms with E-state index in [4.69, 9.17) is 4.74 Å². The van der Waals surface area contributed by atoms with E-state index in [0.717, 1.165) is 18.1 Å². The molecular formula is C16H18FN3O. The first-order valence-corrected chi connectivity index (χ1v) is 7.18. The van der Waals surface area contributed by atoms with Crippen molar-refractivity contribution in [2.75, 3.05) is 19.0 Å². The van der Waals surface area contributed by atoms with Gasteiger partial charge in [-0.3, -0.25) is 0 Å². The fraction of sp³-hybridized carbons (Fsp3) is 0.375. The molecule has 5 heteroatoms. The van der Waals surface area contributed by atoms with Crippen molar-refractivity contribution >= 4 is 5.82 Å². The molecule has 2 aromatic rings. The maximum atomic E-state index is 13.9. The standard InChI is InChI=1S/C16H18FN3O/c1-3-18-15-9-13(10-4-5-10)19-16(20-15)11-6-7-14(21-2)12(17)8-11/h6-10H,3-5H2,1-2H3,(H,18,19,20). The van der Waals surface area contributed by atoms with Gasteiger partial charge in [-0.1, -0.05) is 0 Å².